The van der Waals surface area contributed by atoms with Gasteiger partial charge in [0.1, 0.15) is 0 Å². The fourth-order valence-corrected chi connectivity index (χ4v) is 22.7. The maximum Gasteiger partial charge on any atom is 0.252 e. The van der Waals surface area contributed by atoms with Crippen molar-refractivity contribution in [1.29, 1.82) is 0 Å². The molecule has 2 unspecified atom stereocenters. The van der Waals surface area contributed by atoms with Crippen molar-refractivity contribution < 1.29 is 0 Å². The Morgan fingerprint density at radius 1 is 0.301 bits per heavy atom. The average Bonchev–Trinajstić information content (AvgIpc) is 0.965. The zero-order valence-electron chi connectivity index (χ0n) is 80.2. The second-order valence-electron chi connectivity index (χ2n) is 42.6. The van der Waals surface area contributed by atoms with Gasteiger partial charge in [-0.3, -0.25) is 0 Å². The molecule has 0 spiro atoms. The molecule has 3 aliphatic heterocycles. The molecule has 4 nitrogen and oxygen atoms in total. The quantitative estimate of drug-likeness (QED) is 0.0482. The van der Waals surface area contributed by atoms with E-state index in [1.54, 1.807) is 0 Å². The standard InChI is InChI=1S/C131H115BN4/c1-128(2,3)98-57-66-119-114(77-98)115-78-99(129(4,5)6)58-67-120(115)136(119)104-63-65-118-122(83-104)134(71-69-106-112(92-42-27-17-28-43-92)81-101(131(10,11)12)82-113(106)93-44-29-18-30-45-93)124-73-85(84-135(102-59-52-88(53-60-102)86-34-19-13-20-35-86)103-61-54-89(55-62-103)87-36-21-14-22-37-87)72-123-127(124)132(118)117-64-56-95(97-74-96-48-33-50-108-107-49-31-46-94-47-32-51-109(125(94)107)116(75-97)126(96)108)76-121(117)133(123)70-68-105-110(90-38-23-15-24-39-90)79-100(130(7,8)9)80-111(105)91-40-25-16-26-41-91/h13-67,72-83,114,119H,68-71,84H2,1-12H3. The summed E-state index contributed by atoms with van der Waals surface area (Å²) in [7, 11) is 0. The highest BCUT2D eigenvalue weighted by molar-refractivity contribution is 7.00. The van der Waals surface area contributed by atoms with E-state index in [2.05, 4.69) is 509 Å². The molecule has 662 valence electrons. The lowest BCUT2D eigenvalue weighted by atomic mass is 9.33. The van der Waals surface area contributed by atoms with E-state index in [-0.39, 0.29) is 40.3 Å². The molecule has 0 bridgehead atoms. The van der Waals surface area contributed by atoms with E-state index in [9.17, 15) is 0 Å². The Morgan fingerprint density at radius 2 is 0.713 bits per heavy atom. The average molecular weight is 1760 g/mol. The van der Waals surface area contributed by atoms with Crippen LogP contribution in [0.1, 0.15) is 128 Å². The zero-order valence-corrected chi connectivity index (χ0v) is 80.2. The van der Waals surface area contributed by atoms with Crippen molar-refractivity contribution in [1.82, 2.24) is 0 Å². The smallest absolute Gasteiger partial charge is 0.252 e. The predicted molar refractivity (Wildman–Crippen MR) is 584 cm³/mol. The van der Waals surface area contributed by atoms with Gasteiger partial charge in [0.05, 0.1) is 6.04 Å². The topological polar surface area (TPSA) is 13.0 Å². The summed E-state index contributed by atoms with van der Waals surface area (Å²) in [5.74, 6) is 0.132. The first-order valence-electron chi connectivity index (χ1n) is 49.0. The van der Waals surface area contributed by atoms with Crippen molar-refractivity contribution in [3.05, 3.63) is 451 Å². The van der Waals surface area contributed by atoms with Gasteiger partial charge in [-0.1, -0.05) is 417 Å². The number of allylic oxidation sites excluding steroid dienone is 2. The van der Waals surface area contributed by atoms with Crippen LogP contribution in [0, 0.1) is 5.41 Å². The Balaban J connectivity index is 0.806. The van der Waals surface area contributed by atoms with E-state index >= 15 is 0 Å². The molecule has 0 saturated carbocycles. The Labute approximate surface area is 803 Å². The van der Waals surface area contributed by atoms with E-state index in [0.717, 1.165) is 24.2 Å². The number of hydrogen-bond acceptors (Lipinski definition) is 4. The Bertz CT molecular complexity index is 7680. The molecule has 5 heteroatoms. The minimum Gasteiger partial charge on any atom is -0.342 e. The van der Waals surface area contributed by atoms with Crippen LogP contribution in [0.15, 0.2) is 412 Å². The van der Waals surface area contributed by atoms with Gasteiger partial charge < -0.3 is 19.6 Å². The van der Waals surface area contributed by atoms with E-state index in [4.69, 9.17) is 0 Å². The van der Waals surface area contributed by atoms with Crippen LogP contribution in [0.4, 0.5) is 45.5 Å². The van der Waals surface area contributed by atoms with Crippen LogP contribution in [0.25, 0.3) is 121 Å². The summed E-state index contributed by atoms with van der Waals surface area (Å²) in [5.41, 5.74) is 40.8. The Hall–Kier alpha value is -14.8. The minimum absolute atomic E-state index is 0.0327. The number of rotatable bonds is 18. The molecule has 2 atom stereocenters. The summed E-state index contributed by atoms with van der Waals surface area (Å²) >= 11 is 0. The van der Waals surface area contributed by atoms with Gasteiger partial charge in [0, 0.05) is 71.1 Å². The largest absolute Gasteiger partial charge is 0.342 e. The summed E-state index contributed by atoms with van der Waals surface area (Å²) in [4.78, 5) is 10.9. The van der Waals surface area contributed by atoms with Crippen LogP contribution in [-0.4, -0.2) is 25.8 Å². The van der Waals surface area contributed by atoms with Crippen LogP contribution in [0.5, 0.6) is 0 Å². The van der Waals surface area contributed by atoms with Crippen LogP contribution >= 0.6 is 0 Å². The summed E-state index contributed by atoms with van der Waals surface area (Å²) in [6.07, 6.45) is 9.05. The molecule has 3 heterocycles. The first-order chi connectivity index (χ1) is 65.9. The van der Waals surface area contributed by atoms with Crippen molar-refractivity contribution in [2.75, 3.05) is 32.7 Å². The first-order valence-corrected chi connectivity index (χ1v) is 49.0. The molecule has 0 N–H and O–H groups in total. The van der Waals surface area contributed by atoms with Gasteiger partial charge in [0.15, 0.2) is 0 Å². The fraction of sp³-hybridized carbons (Fsp3) is 0.176. The molecule has 0 radical (unpaired) electrons. The molecule has 136 heavy (non-hydrogen) atoms. The lowest BCUT2D eigenvalue weighted by molar-refractivity contribution is 0.507. The summed E-state index contributed by atoms with van der Waals surface area (Å²) in [6.45, 7) is 30.1. The molecule has 19 aromatic carbocycles. The number of nitrogens with zero attached hydrogens (tertiary/aromatic N) is 4. The fourth-order valence-electron chi connectivity index (χ4n) is 22.7. The van der Waals surface area contributed by atoms with Gasteiger partial charge >= 0.3 is 0 Å². The van der Waals surface area contributed by atoms with Gasteiger partial charge in [-0.05, 0) is 289 Å². The van der Waals surface area contributed by atoms with E-state index < -0.39 is 0 Å². The molecule has 19 aromatic rings. The summed E-state index contributed by atoms with van der Waals surface area (Å²) in [6, 6.07) is 150. The second kappa shape index (κ2) is 33.7. The third-order valence-corrected chi connectivity index (χ3v) is 29.9. The van der Waals surface area contributed by atoms with Crippen LogP contribution in [-0.2, 0) is 35.6 Å². The second-order valence-corrected chi connectivity index (χ2v) is 42.6. The van der Waals surface area contributed by atoms with Crippen LogP contribution < -0.4 is 36.0 Å². The lowest BCUT2D eigenvalue weighted by Gasteiger charge is -2.45. The molecular weight excluding hydrogens is 1640 g/mol. The van der Waals surface area contributed by atoms with E-state index in [0.29, 0.717) is 19.6 Å². The van der Waals surface area contributed by atoms with Crippen LogP contribution in [0.3, 0.4) is 0 Å². The monoisotopic (exact) mass is 1750 g/mol. The first kappa shape index (κ1) is 85.4. The van der Waals surface area contributed by atoms with Gasteiger partial charge in [-0.25, -0.2) is 0 Å². The van der Waals surface area contributed by atoms with Crippen molar-refractivity contribution >= 4 is 112 Å². The van der Waals surface area contributed by atoms with E-state index in [1.165, 1.54) is 216 Å². The van der Waals surface area contributed by atoms with Crippen molar-refractivity contribution in [3.8, 4) is 77.9 Å². The van der Waals surface area contributed by atoms with Crippen molar-refractivity contribution in [2.24, 2.45) is 5.41 Å². The van der Waals surface area contributed by atoms with E-state index in [1.807, 2.05) is 0 Å². The van der Waals surface area contributed by atoms with Crippen LogP contribution in [0.2, 0.25) is 0 Å². The minimum atomic E-state index is -0.210. The molecule has 23 rings (SSSR count). The lowest BCUT2D eigenvalue weighted by Crippen LogP contribution is -2.62. The third-order valence-electron chi connectivity index (χ3n) is 29.9. The van der Waals surface area contributed by atoms with Gasteiger partial charge in [-0.2, -0.15) is 0 Å². The normalized spacial score (nSPS) is 14.6. The van der Waals surface area contributed by atoms with Crippen molar-refractivity contribution in [3.63, 3.8) is 0 Å². The Kier molecular flexibility index (Phi) is 21.2. The highest BCUT2D eigenvalue weighted by atomic mass is 15.2. The highest BCUT2D eigenvalue weighted by Gasteiger charge is 2.46. The third kappa shape index (κ3) is 15.4. The zero-order chi connectivity index (χ0) is 92.6. The molecular formula is C131H115BN4. The molecule has 4 aliphatic rings. The predicted octanol–water partition coefficient (Wildman–Crippen LogP) is 32.7. The number of benzene rings is 19. The number of anilines is 8. The highest BCUT2D eigenvalue weighted by Crippen LogP contribution is 2.54. The van der Waals surface area contributed by atoms with Gasteiger partial charge in [0.25, 0.3) is 6.71 Å². The van der Waals surface area contributed by atoms with Gasteiger partial charge in [-0.15, -0.1) is 0 Å². The van der Waals surface area contributed by atoms with Gasteiger partial charge in [0.2, 0.25) is 0 Å². The SMILES string of the molecule is CC(C)(C)C1=CC2c3cc(C(C)(C)C)ccc3N(c3ccc4c(c3)N(CCc3c(-c5ccccc5)cc(C(C)(C)C)cc3-c3ccccc3)c3cc(CN(c5ccc(-c6ccccc6)cc5)c5ccc(-c6ccccc6)cc5)cc5c3B4c3ccc(-c4cc6cccc7c8cccc9cccc(c(c4)c67)c98)cc3N5CCc3c(-c4ccccc4)cc(C(C)(C)C)cc3-c3ccccc3)C2C=C1. The number of hydrogen-bond donors (Lipinski definition) is 0. The number of fused-ring (bicyclic) bond motifs is 9. The summed E-state index contributed by atoms with van der Waals surface area (Å²) in [5, 5.41) is 10.3. The summed E-state index contributed by atoms with van der Waals surface area (Å²) < 4.78 is 0. The Morgan fingerprint density at radius 3 is 1.17 bits per heavy atom. The molecule has 0 fully saturated rings. The molecule has 0 amide bonds. The van der Waals surface area contributed by atoms with Crippen molar-refractivity contribution in [2.45, 2.75) is 131 Å². The maximum atomic E-state index is 2.83. The molecule has 0 aromatic heterocycles. The molecule has 1 aliphatic carbocycles. The maximum absolute atomic E-state index is 2.83. The molecule has 0 saturated heterocycles.